The van der Waals surface area contributed by atoms with E-state index in [0.717, 1.165) is 51.4 Å². The summed E-state index contributed by atoms with van der Waals surface area (Å²) < 4.78 is 34.7. The molecule has 1 N–H and O–H groups in total. The van der Waals surface area contributed by atoms with Crippen molar-refractivity contribution in [3.8, 4) is 0 Å². The number of nitrogens with zero attached hydrogens (tertiary/aromatic N) is 1. The van der Waals surface area contributed by atoms with Crippen LogP contribution >= 0.6 is 7.82 Å². The largest absolute Gasteiger partial charge is 0.498 e. The molecule has 0 aliphatic heterocycles. The topological polar surface area (TPSA) is 91.3 Å². The van der Waals surface area contributed by atoms with Crippen LogP contribution in [-0.2, 0) is 27.9 Å². The number of quaternary nitrogens is 1. The summed E-state index contributed by atoms with van der Waals surface area (Å²) in [5, 5.41) is 0. The smallest absolute Gasteiger partial charge is 0.472 e. The third-order valence-corrected chi connectivity index (χ3v) is 10.0. The van der Waals surface area contributed by atoms with Crippen molar-refractivity contribution in [2.45, 2.75) is 168 Å². The average Bonchev–Trinajstić information content (AvgIpc) is 3.16. The lowest BCUT2D eigenvalue weighted by Gasteiger charge is -2.24. The fraction of sp³-hybridized carbons (Fsp3) is 0.688. The summed E-state index contributed by atoms with van der Waals surface area (Å²) in [7, 11) is 1.58. The fourth-order valence-corrected chi connectivity index (χ4v) is 6.34. The summed E-state index contributed by atoms with van der Waals surface area (Å²) in [6.45, 7) is 4.72. The first-order chi connectivity index (χ1) is 27.6. The number of carbonyl (C=O) groups is 1. The van der Waals surface area contributed by atoms with Crippen LogP contribution in [-0.4, -0.2) is 69.0 Å². The number of hydrogen-bond acceptors (Lipinski definition) is 6. The van der Waals surface area contributed by atoms with Gasteiger partial charge < -0.3 is 18.9 Å². The molecule has 9 heteroatoms. The monoisotopic (exact) mass is 819 g/mol. The van der Waals surface area contributed by atoms with Crippen molar-refractivity contribution < 1.29 is 37.3 Å². The minimum absolute atomic E-state index is 0.0137. The van der Waals surface area contributed by atoms with E-state index < -0.39 is 19.9 Å². The molecule has 0 amide bonds. The van der Waals surface area contributed by atoms with E-state index in [1.165, 1.54) is 83.5 Å². The van der Waals surface area contributed by atoms with Gasteiger partial charge in [-0.1, -0.05) is 170 Å². The molecule has 0 aliphatic rings. The van der Waals surface area contributed by atoms with Crippen LogP contribution in [0.1, 0.15) is 162 Å². The first kappa shape index (κ1) is 54.5. The quantitative estimate of drug-likeness (QED) is 0.0164. The zero-order valence-corrected chi connectivity index (χ0v) is 37.9. The predicted molar refractivity (Wildman–Crippen MR) is 242 cm³/mol. The Morgan fingerprint density at radius 1 is 0.579 bits per heavy atom. The van der Waals surface area contributed by atoms with Crippen molar-refractivity contribution >= 4 is 13.8 Å². The Labute approximate surface area is 350 Å². The lowest BCUT2D eigenvalue weighted by atomic mass is 10.0. The number of unbranched alkanes of at least 4 members (excludes halogenated alkanes) is 14. The van der Waals surface area contributed by atoms with Crippen molar-refractivity contribution in [2.75, 3.05) is 47.5 Å². The highest BCUT2D eigenvalue weighted by Crippen LogP contribution is 2.43. The molecule has 0 radical (unpaired) electrons. The molecule has 0 spiro atoms. The Morgan fingerprint density at radius 3 is 1.51 bits per heavy atom. The molecule has 0 fully saturated rings. The molecule has 0 saturated carbocycles. The maximum atomic E-state index is 12.7. The number of phosphoric ester groups is 1. The molecule has 2 atom stereocenters. The molecule has 1 unspecified atom stereocenters. The van der Waals surface area contributed by atoms with Crippen molar-refractivity contribution in [3.05, 3.63) is 85.3 Å². The summed E-state index contributed by atoms with van der Waals surface area (Å²) >= 11 is 0. The van der Waals surface area contributed by atoms with E-state index in [1.54, 1.807) is 6.26 Å². The SMILES string of the molecule is CCC=CCC=CCC=CCC=CCC=CCC=CCCC(=O)O[C@H](COC=CCCCCCCCCCCCCCCCC)COP(=O)(O)OCC[N+](C)(C)C. The number of rotatable bonds is 40. The highest BCUT2D eigenvalue weighted by Gasteiger charge is 2.26. The third-order valence-electron chi connectivity index (χ3n) is 9.05. The first-order valence-corrected chi connectivity index (χ1v) is 23.9. The van der Waals surface area contributed by atoms with Crippen LogP contribution < -0.4 is 0 Å². The fourth-order valence-electron chi connectivity index (χ4n) is 5.60. The van der Waals surface area contributed by atoms with Gasteiger partial charge in [0, 0.05) is 6.42 Å². The van der Waals surface area contributed by atoms with Crippen LogP contribution in [0.5, 0.6) is 0 Å². The van der Waals surface area contributed by atoms with E-state index in [4.69, 9.17) is 18.5 Å². The molecule has 57 heavy (non-hydrogen) atoms. The highest BCUT2D eigenvalue weighted by atomic mass is 31.2. The molecule has 0 bridgehead atoms. The summed E-state index contributed by atoms with van der Waals surface area (Å²) in [6.07, 6.45) is 54.4. The molecule has 328 valence electrons. The van der Waals surface area contributed by atoms with Crippen LogP contribution in [0.2, 0.25) is 0 Å². The molecule has 0 aliphatic carbocycles. The van der Waals surface area contributed by atoms with E-state index in [9.17, 15) is 14.3 Å². The van der Waals surface area contributed by atoms with Gasteiger partial charge >= 0.3 is 13.8 Å². The number of carbonyl (C=O) groups excluding carboxylic acids is 1. The maximum Gasteiger partial charge on any atom is 0.472 e. The predicted octanol–water partition coefficient (Wildman–Crippen LogP) is 13.6. The standard InChI is InChI=1S/C48H84NO7P/c1-6-8-10-12-14-16-18-20-22-24-25-26-27-29-31-33-35-37-39-41-48(50)56-47(46-55-57(51,52)54-44-42-49(3,4)5)45-53-43-40-38-36-34-32-30-28-23-21-19-17-15-13-11-9-7-2/h8,10,14,16,20,22,25-26,29,31,35,37,40,43,47H,6-7,9,11-13,15,17-19,21,23-24,27-28,30,32-34,36,38-39,41-42,44-46H2,1-5H3/p+1/t47-/m1/s1. The van der Waals surface area contributed by atoms with E-state index in [-0.39, 0.29) is 26.2 Å². The van der Waals surface area contributed by atoms with E-state index in [1.807, 2.05) is 39.4 Å². The zero-order chi connectivity index (χ0) is 42.0. The van der Waals surface area contributed by atoms with E-state index in [0.29, 0.717) is 17.4 Å². The van der Waals surface area contributed by atoms with E-state index in [2.05, 4.69) is 74.6 Å². The molecule has 0 aromatic heterocycles. The highest BCUT2D eigenvalue weighted by molar-refractivity contribution is 7.47. The maximum absolute atomic E-state index is 12.7. The zero-order valence-electron chi connectivity index (χ0n) is 37.0. The Kier molecular flexibility index (Phi) is 38.6. The number of allylic oxidation sites excluding steroid dienone is 13. The van der Waals surface area contributed by atoms with Crippen LogP contribution in [0.3, 0.4) is 0 Å². The van der Waals surface area contributed by atoms with Gasteiger partial charge in [0.15, 0.2) is 6.10 Å². The Bertz CT molecular complexity index is 1180. The van der Waals surface area contributed by atoms with E-state index >= 15 is 0 Å². The second-order valence-corrected chi connectivity index (χ2v) is 17.2. The molecule has 0 saturated heterocycles. The van der Waals surface area contributed by atoms with Crippen LogP contribution in [0.15, 0.2) is 85.3 Å². The molecule has 0 heterocycles. The van der Waals surface area contributed by atoms with Crippen LogP contribution in [0.25, 0.3) is 0 Å². The Hall–Kier alpha value is -2.48. The molecule has 0 aromatic carbocycles. The number of likely N-dealkylation sites (N-methyl/N-ethyl adjacent to an activating group) is 1. The van der Waals surface area contributed by atoms with Crippen molar-refractivity contribution in [1.29, 1.82) is 0 Å². The van der Waals surface area contributed by atoms with Crippen LogP contribution in [0, 0.1) is 0 Å². The summed E-state index contributed by atoms with van der Waals surface area (Å²) in [6, 6.07) is 0. The van der Waals surface area contributed by atoms with Gasteiger partial charge in [0.25, 0.3) is 0 Å². The molecule has 8 nitrogen and oxygen atoms in total. The normalized spacial score (nSPS) is 14.5. The van der Waals surface area contributed by atoms with Gasteiger partial charge in [0.2, 0.25) is 0 Å². The van der Waals surface area contributed by atoms with Gasteiger partial charge in [-0.15, -0.1) is 0 Å². The van der Waals surface area contributed by atoms with Crippen molar-refractivity contribution in [3.63, 3.8) is 0 Å². The van der Waals surface area contributed by atoms with Gasteiger partial charge in [0.1, 0.15) is 19.8 Å². The number of hydrogen-bond donors (Lipinski definition) is 1. The Morgan fingerprint density at radius 2 is 1.04 bits per heavy atom. The van der Waals surface area contributed by atoms with Crippen molar-refractivity contribution in [1.82, 2.24) is 0 Å². The van der Waals surface area contributed by atoms with Crippen molar-refractivity contribution in [2.24, 2.45) is 0 Å². The average molecular weight is 819 g/mol. The van der Waals surface area contributed by atoms with Gasteiger partial charge in [-0.05, 0) is 63.9 Å². The second-order valence-electron chi connectivity index (χ2n) is 15.8. The second kappa shape index (κ2) is 40.3. The summed E-state index contributed by atoms with van der Waals surface area (Å²) in [5.41, 5.74) is 0. The third kappa shape index (κ3) is 44.5. The van der Waals surface area contributed by atoms with Gasteiger partial charge in [-0.2, -0.15) is 0 Å². The minimum Gasteiger partial charge on any atom is -0.498 e. The van der Waals surface area contributed by atoms with Gasteiger partial charge in [0.05, 0.1) is 34.0 Å². The lowest BCUT2D eigenvalue weighted by molar-refractivity contribution is -0.870. The summed E-state index contributed by atoms with van der Waals surface area (Å²) in [4.78, 5) is 22.8. The molecule has 0 rings (SSSR count). The Balaban J connectivity index is 4.43. The number of phosphoric acid groups is 1. The van der Waals surface area contributed by atoms with Gasteiger partial charge in [-0.25, -0.2) is 4.57 Å². The lowest BCUT2D eigenvalue weighted by Crippen LogP contribution is -2.37. The number of ether oxygens (including phenoxy) is 2. The molecular weight excluding hydrogens is 734 g/mol. The minimum atomic E-state index is -4.32. The molecule has 0 aromatic rings. The number of esters is 1. The molecular formula is C48H85NO7P+. The van der Waals surface area contributed by atoms with Gasteiger partial charge in [-0.3, -0.25) is 13.8 Å². The van der Waals surface area contributed by atoms with Crippen LogP contribution in [0.4, 0.5) is 0 Å². The first-order valence-electron chi connectivity index (χ1n) is 22.4. The summed E-state index contributed by atoms with van der Waals surface area (Å²) in [5.74, 6) is -0.420.